The number of fused-ring (bicyclic) bond motifs is 2. The topological polar surface area (TPSA) is 26.0 Å². The van der Waals surface area contributed by atoms with Gasteiger partial charge < -0.3 is 5.73 Å². The van der Waals surface area contributed by atoms with Crippen LogP contribution < -0.4 is 5.73 Å². The Hall–Kier alpha value is -0.470. The molecule has 3 rings (SSSR count). The fraction of sp³-hybridized carbons (Fsp3) is 0.571. The summed E-state index contributed by atoms with van der Waals surface area (Å²) >= 11 is 2.02. The summed E-state index contributed by atoms with van der Waals surface area (Å²) in [7, 11) is 0. The van der Waals surface area contributed by atoms with E-state index in [-0.39, 0.29) is 6.04 Å². The molecule has 0 bridgehead atoms. The Kier molecular flexibility index (Phi) is 2.95. The molecule has 2 heteroatoms. The van der Waals surface area contributed by atoms with E-state index in [1.807, 2.05) is 11.8 Å². The zero-order valence-corrected chi connectivity index (χ0v) is 10.4. The Labute approximate surface area is 102 Å². The van der Waals surface area contributed by atoms with Crippen LogP contribution in [0.2, 0.25) is 0 Å². The highest BCUT2D eigenvalue weighted by Crippen LogP contribution is 2.45. The summed E-state index contributed by atoms with van der Waals surface area (Å²) in [6, 6.07) is 8.99. The largest absolute Gasteiger partial charge is 0.324 e. The van der Waals surface area contributed by atoms with Crippen LogP contribution in [-0.2, 0) is 0 Å². The van der Waals surface area contributed by atoms with Crippen LogP contribution in [-0.4, -0.2) is 5.75 Å². The first-order valence-corrected chi connectivity index (χ1v) is 7.32. The van der Waals surface area contributed by atoms with Crippen LogP contribution in [0.25, 0.3) is 0 Å². The van der Waals surface area contributed by atoms with E-state index in [0.717, 1.165) is 11.8 Å². The molecule has 2 N–H and O–H groups in total. The molecule has 1 aliphatic carbocycles. The van der Waals surface area contributed by atoms with Gasteiger partial charge in [-0.3, -0.25) is 0 Å². The van der Waals surface area contributed by atoms with E-state index in [0.29, 0.717) is 0 Å². The second kappa shape index (κ2) is 4.42. The molecule has 86 valence electrons. The van der Waals surface area contributed by atoms with Crippen LogP contribution in [0.4, 0.5) is 0 Å². The first kappa shape index (κ1) is 10.7. The summed E-state index contributed by atoms with van der Waals surface area (Å²) in [4.78, 5) is 1.42. The van der Waals surface area contributed by atoms with E-state index in [4.69, 9.17) is 5.73 Å². The average molecular weight is 233 g/mol. The van der Waals surface area contributed by atoms with Crippen molar-refractivity contribution in [2.24, 2.45) is 17.6 Å². The van der Waals surface area contributed by atoms with Crippen molar-refractivity contribution < 1.29 is 0 Å². The molecule has 0 saturated heterocycles. The Morgan fingerprint density at radius 2 is 1.94 bits per heavy atom. The normalized spacial score (nSPS) is 33.7. The van der Waals surface area contributed by atoms with Gasteiger partial charge in [0, 0.05) is 16.7 Å². The Morgan fingerprint density at radius 1 is 1.12 bits per heavy atom. The molecule has 0 radical (unpaired) electrons. The van der Waals surface area contributed by atoms with Gasteiger partial charge in [-0.05, 0) is 36.3 Å². The smallest absolute Gasteiger partial charge is 0.0337 e. The van der Waals surface area contributed by atoms with Gasteiger partial charge in [-0.15, -0.1) is 11.8 Å². The van der Waals surface area contributed by atoms with Gasteiger partial charge in [0.1, 0.15) is 0 Å². The third-order valence-corrected chi connectivity index (χ3v) is 5.44. The molecule has 1 aliphatic heterocycles. The van der Waals surface area contributed by atoms with Crippen molar-refractivity contribution in [3.63, 3.8) is 0 Å². The molecule has 1 fully saturated rings. The highest BCUT2D eigenvalue weighted by molar-refractivity contribution is 7.99. The van der Waals surface area contributed by atoms with Crippen molar-refractivity contribution in [2.45, 2.75) is 36.6 Å². The molecule has 0 spiro atoms. The molecule has 1 aromatic rings. The van der Waals surface area contributed by atoms with Crippen LogP contribution in [0.1, 0.15) is 37.3 Å². The maximum absolute atomic E-state index is 6.49. The highest BCUT2D eigenvalue weighted by Gasteiger charge is 2.33. The molecule has 1 heterocycles. The second-order valence-electron chi connectivity index (χ2n) is 5.08. The molecular formula is C14H19NS. The lowest BCUT2D eigenvalue weighted by molar-refractivity contribution is 0.224. The lowest BCUT2D eigenvalue weighted by Crippen LogP contribution is -2.30. The summed E-state index contributed by atoms with van der Waals surface area (Å²) in [6.45, 7) is 0. The Balaban J connectivity index is 1.96. The number of rotatable bonds is 0. The van der Waals surface area contributed by atoms with Gasteiger partial charge in [-0.25, -0.2) is 0 Å². The lowest BCUT2D eigenvalue weighted by atomic mass is 9.75. The van der Waals surface area contributed by atoms with Crippen molar-refractivity contribution in [3.05, 3.63) is 29.8 Å². The molecule has 2 aliphatic rings. The van der Waals surface area contributed by atoms with Crippen LogP contribution in [0.5, 0.6) is 0 Å². The van der Waals surface area contributed by atoms with Gasteiger partial charge in [-0.1, -0.05) is 31.0 Å². The van der Waals surface area contributed by atoms with Gasteiger partial charge >= 0.3 is 0 Å². The quantitative estimate of drug-likeness (QED) is 0.741. The maximum Gasteiger partial charge on any atom is 0.0337 e. The lowest BCUT2D eigenvalue weighted by Gasteiger charge is -2.33. The molecule has 1 nitrogen and oxygen atoms in total. The zero-order valence-electron chi connectivity index (χ0n) is 9.56. The fourth-order valence-electron chi connectivity index (χ4n) is 3.23. The minimum Gasteiger partial charge on any atom is -0.324 e. The van der Waals surface area contributed by atoms with Crippen LogP contribution in [0.15, 0.2) is 29.2 Å². The minimum absolute atomic E-state index is 0.275. The molecule has 3 atom stereocenters. The predicted molar refractivity (Wildman–Crippen MR) is 69.5 cm³/mol. The first-order chi connectivity index (χ1) is 7.86. The van der Waals surface area contributed by atoms with Crippen LogP contribution in [0, 0.1) is 11.8 Å². The predicted octanol–water partition coefficient (Wildman–Crippen LogP) is 3.60. The summed E-state index contributed by atoms with van der Waals surface area (Å²) in [5.41, 5.74) is 7.88. The number of benzene rings is 1. The number of thioether (sulfide) groups is 1. The molecule has 16 heavy (non-hydrogen) atoms. The van der Waals surface area contributed by atoms with Crippen molar-refractivity contribution in [1.29, 1.82) is 0 Å². The van der Waals surface area contributed by atoms with E-state index in [2.05, 4.69) is 24.3 Å². The van der Waals surface area contributed by atoms with Gasteiger partial charge in [-0.2, -0.15) is 0 Å². The van der Waals surface area contributed by atoms with E-state index in [9.17, 15) is 0 Å². The molecule has 0 aromatic heterocycles. The van der Waals surface area contributed by atoms with Gasteiger partial charge in [0.15, 0.2) is 0 Å². The molecule has 1 aromatic carbocycles. The number of hydrogen-bond donors (Lipinski definition) is 1. The Bertz CT molecular complexity index is 377. The SMILES string of the molecule is N[C@@H]1c2ccccc2SC[C@@H]2CCCC[C@H]21. The van der Waals surface area contributed by atoms with Crippen LogP contribution >= 0.6 is 11.8 Å². The summed E-state index contributed by atoms with van der Waals surface area (Å²) in [6.07, 6.45) is 5.51. The number of hydrogen-bond acceptors (Lipinski definition) is 2. The Morgan fingerprint density at radius 3 is 2.88 bits per heavy atom. The third kappa shape index (κ3) is 1.78. The van der Waals surface area contributed by atoms with Gasteiger partial charge in [0.2, 0.25) is 0 Å². The van der Waals surface area contributed by atoms with Crippen LogP contribution in [0.3, 0.4) is 0 Å². The van der Waals surface area contributed by atoms with Gasteiger partial charge in [0.05, 0.1) is 0 Å². The van der Waals surface area contributed by atoms with Crippen molar-refractivity contribution >= 4 is 11.8 Å². The van der Waals surface area contributed by atoms with Crippen molar-refractivity contribution in [3.8, 4) is 0 Å². The van der Waals surface area contributed by atoms with E-state index >= 15 is 0 Å². The first-order valence-electron chi connectivity index (χ1n) is 6.33. The van der Waals surface area contributed by atoms with Crippen molar-refractivity contribution in [1.82, 2.24) is 0 Å². The highest BCUT2D eigenvalue weighted by atomic mass is 32.2. The molecule has 0 amide bonds. The fourth-order valence-corrected chi connectivity index (χ4v) is 4.58. The standard InChI is InChI=1S/C14H19NS/c15-14-11-6-2-1-5-10(11)9-16-13-8-4-3-7-12(13)14/h3-4,7-8,10-11,14H,1-2,5-6,9,15H2/t10-,11+,14-/m0/s1. The minimum atomic E-state index is 0.275. The van der Waals surface area contributed by atoms with Crippen molar-refractivity contribution in [2.75, 3.05) is 5.75 Å². The average Bonchev–Trinajstić information content (AvgIpc) is 2.49. The van der Waals surface area contributed by atoms with Gasteiger partial charge in [0.25, 0.3) is 0 Å². The second-order valence-corrected chi connectivity index (χ2v) is 6.14. The zero-order chi connectivity index (χ0) is 11.0. The maximum atomic E-state index is 6.49. The monoisotopic (exact) mass is 233 g/mol. The van der Waals surface area contributed by atoms with E-state index < -0.39 is 0 Å². The molecule has 0 unspecified atom stereocenters. The molecular weight excluding hydrogens is 214 g/mol. The van der Waals surface area contributed by atoms with E-state index in [1.54, 1.807) is 0 Å². The summed E-state index contributed by atoms with van der Waals surface area (Å²) in [5.74, 6) is 2.85. The van der Waals surface area contributed by atoms with E-state index in [1.165, 1.54) is 41.9 Å². The summed E-state index contributed by atoms with van der Waals surface area (Å²) < 4.78 is 0. The third-order valence-electron chi connectivity index (χ3n) is 4.16. The summed E-state index contributed by atoms with van der Waals surface area (Å²) in [5, 5.41) is 0. The number of nitrogens with two attached hydrogens (primary N) is 1. The molecule has 1 saturated carbocycles.